The van der Waals surface area contributed by atoms with Gasteiger partial charge in [0, 0.05) is 30.2 Å². The van der Waals surface area contributed by atoms with Gasteiger partial charge in [0.2, 0.25) is 11.8 Å². The number of nitrogens with two attached hydrogens (primary N) is 2. The maximum atomic E-state index is 11.9. The first-order valence-electron chi connectivity index (χ1n) is 11.0. The van der Waals surface area contributed by atoms with Crippen molar-refractivity contribution in [1.29, 1.82) is 0 Å². The van der Waals surface area contributed by atoms with E-state index >= 15 is 0 Å². The molecule has 3 aromatic rings. The molecular formula is C24H29ClN6O4S2. The minimum atomic E-state index is -3.26. The van der Waals surface area contributed by atoms with Gasteiger partial charge in [-0.3, -0.25) is 9.59 Å². The molecule has 0 fully saturated rings. The Balaban J connectivity index is 0.00000481. The van der Waals surface area contributed by atoms with E-state index < -0.39 is 9.84 Å². The Kier molecular flexibility index (Phi) is 10.6. The minimum Gasteiger partial charge on any atom is -0.370 e. The zero-order valence-electron chi connectivity index (χ0n) is 20.4. The van der Waals surface area contributed by atoms with Gasteiger partial charge in [-0.1, -0.05) is 24.3 Å². The predicted molar refractivity (Wildman–Crippen MR) is 149 cm³/mol. The number of hydrogen-bond donors (Lipinski definition) is 4. The highest BCUT2D eigenvalue weighted by molar-refractivity contribution is 7.90. The number of aryl methyl sites for hydroxylation is 2. The van der Waals surface area contributed by atoms with Gasteiger partial charge in [0.05, 0.1) is 10.6 Å². The Morgan fingerprint density at radius 2 is 1.59 bits per heavy atom. The monoisotopic (exact) mass is 564 g/mol. The second-order valence-corrected chi connectivity index (χ2v) is 11.2. The van der Waals surface area contributed by atoms with Crippen LogP contribution in [0.3, 0.4) is 0 Å². The lowest BCUT2D eigenvalue weighted by atomic mass is 10.0. The molecule has 0 radical (unpaired) electrons. The zero-order chi connectivity index (χ0) is 26.3. The molecule has 10 nitrogen and oxygen atoms in total. The first kappa shape index (κ1) is 29.7. The SMILES string of the molecule is CC(=O)Nc1nc(CCc2ccc(NC(=O)CN=C(N)N)cc2)c(Cc2ccc(S(C)(=O)=O)cc2)s1.Cl. The Morgan fingerprint density at radius 3 is 2.16 bits per heavy atom. The molecule has 0 aliphatic carbocycles. The molecule has 0 atom stereocenters. The number of guanidine groups is 1. The molecule has 0 unspecified atom stereocenters. The Morgan fingerprint density at radius 1 is 0.973 bits per heavy atom. The average molecular weight is 565 g/mol. The number of sulfone groups is 1. The first-order valence-corrected chi connectivity index (χ1v) is 13.7. The first-order chi connectivity index (χ1) is 17.0. The molecule has 6 N–H and O–H groups in total. The summed E-state index contributed by atoms with van der Waals surface area (Å²) in [6, 6.07) is 14.2. The van der Waals surface area contributed by atoms with Gasteiger partial charge in [-0.25, -0.2) is 18.4 Å². The number of aromatic nitrogens is 1. The van der Waals surface area contributed by atoms with E-state index in [2.05, 4.69) is 20.6 Å². The lowest BCUT2D eigenvalue weighted by molar-refractivity contribution is -0.115. The summed E-state index contributed by atoms with van der Waals surface area (Å²) in [6.07, 6.45) is 3.09. The number of benzene rings is 2. The molecule has 37 heavy (non-hydrogen) atoms. The number of nitrogens with zero attached hydrogens (tertiary/aromatic N) is 2. The van der Waals surface area contributed by atoms with E-state index in [1.165, 1.54) is 24.5 Å². The maximum absolute atomic E-state index is 11.9. The van der Waals surface area contributed by atoms with Crippen LogP contribution in [-0.4, -0.2) is 44.0 Å². The Bertz CT molecular complexity index is 1370. The fourth-order valence-corrected chi connectivity index (χ4v) is 5.06. The molecule has 0 aliphatic heterocycles. The van der Waals surface area contributed by atoms with Crippen molar-refractivity contribution in [2.45, 2.75) is 31.1 Å². The van der Waals surface area contributed by atoms with Crippen molar-refractivity contribution in [3.8, 4) is 0 Å². The summed E-state index contributed by atoms with van der Waals surface area (Å²) in [5.41, 5.74) is 14.0. The topological polar surface area (TPSA) is 170 Å². The third-order valence-electron chi connectivity index (χ3n) is 5.07. The second-order valence-electron chi connectivity index (χ2n) is 8.15. The van der Waals surface area contributed by atoms with Crippen molar-refractivity contribution in [1.82, 2.24) is 4.98 Å². The number of hydrogen-bond acceptors (Lipinski definition) is 7. The Hall–Kier alpha value is -3.48. The molecule has 0 saturated heterocycles. The van der Waals surface area contributed by atoms with Crippen LogP contribution in [0.2, 0.25) is 0 Å². The van der Waals surface area contributed by atoms with Gasteiger partial charge in [0.15, 0.2) is 20.9 Å². The second kappa shape index (κ2) is 13.2. The van der Waals surface area contributed by atoms with Crippen LogP contribution < -0.4 is 22.1 Å². The van der Waals surface area contributed by atoms with Crippen LogP contribution in [0.15, 0.2) is 58.4 Å². The molecule has 0 aliphatic rings. The summed E-state index contributed by atoms with van der Waals surface area (Å²) in [5, 5.41) is 6.00. The number of thiazole rings is 1. The van der Waals surface area contributed by atoms with Crippen molar-refractivity contribution in [3.63, 3.8) is 0 Å². The molecule has 1 heterocycles. The van der Waals surface area contributed by atoms with Gasteiger partial charge in [-0.15, -0.1) is 23.7 Å². The standard InChI is InChI=1S/C24H28N6O4S2.ClH/c1-15(31)28-24-30-20(21(35-24)13-17-5-10-19(11-6-17)36(2,33)34)12-7-16-3-8-18(9-4-16)29-22(32)14-27-23(25)26;/h3-6,8-11H,7,12-14H2,1-2H3,(H,29,32)(H4,25,26,27)(H,28,30,31);1H. The highest BCUT2D eigenvalue weighted by atomic mass is 35.5. The van der Waals surface area contributed by atoms with Gasteiger partial charge < -0.3 is 22.1 Å². The van der Waals surface area contributed by atoms with Gasteiger partial charge >= 0.3 is 0 Å². The summed E-state index contributed by atoms with van der Waals surface area (Å²) >= 11 is 1.41. The molecule has 0 spiro atoms. The molecule has 0 saturated carbocycles. The number of carbonyl (C=O) groups is 2. The van der Waals surface area contributed by atoms with E-state index in [0.717, 1.165) is 21.7 Å². The summed E-state index contributed by atoms with van der Waals surface area (Å²) in [7, 11) is -3.26. The summed E-state index contributed by atoms with van der Waals surface area (Å²) < 4.78 is 23.5. The van der Waals surface area contributed by atoms with Crippen molar-refractivity contribution in [2.24, 2.45) is 16.5 Å². The number of anilines is 2. The van der Waals surface area contributed by atoms with E-state index in [1.807, 2.05) is 12.1 Å². The molecule has 198 valence electrons. The van der Waals surface area contributed by atoms with E-state index in [4.69, 9.17) is 11.5 Å². The number of rotatable bonds is 10. The lowest BCUT2D eigenvalue weighted by Crippen LogP contribution is -2.25. The molecule has 3 rings (SSSR count). The number of aliphatic imine (C=N–C) groups is 1. The normalized spacial score (nSPS) is 10.8. The van der Waals surface area contributed by atoms with Crippen LogP contribution in [0.1, 0.15) is 28.6 Å². The van der Waals surface area contributed by atoms with Crippen LogP contribution in [0.25, 0.3) is 0 Å². The summed E-state index contributed by atoms with van der Waals surface area (Å²) in [6.45, 7) is 1.28. The third kappa shape index (κ3) is 9.48. The summed E-state index contributed by atoms with van der Waals surface area (Å²) in [5.74, 6) is -0.662. The molecule has 13 heteroatoms. The third-order valence-corrected chi connectivity index (χ3v) is 7.21. The number of amides is 2. The predicted octanol–water partition coefficient (Wildman–Crippen LogP) is 2.51. The minimum absolute atomic E-state index is 0. The van der Waals surface area contributed by atoms with Crippen molar-refractivity contribution < 1.29 is 18.0 Å². The van der Waals surface area contributed by atoms with Gasteiger partial charge in [0.25, 0.3) is 0 Å². The van der Waals surface area contributed by atoms with E-state index in [9.17, 15) is 18.0 Å². The molecule has 2 amide bonds. The average Bonchev–Trinajstić information content (AvgIpc) is 3.17. The number of carbonyl (C=O) groups excluding carboxylic acids is 2. The van der Waals surface area contributed by atoms with Crippen molar-refractivity contribution in [3.05, 3.63) is 70.2 Å². The van der Waals surface area contributed by atoms with Gasteiger partial charge in [-0.2, -0.15) is 0 Å². The van der Waals surface area contributed by atoms with Crippen LogP contribution in [-0.2, 0) is 38.7 Å². The smallest absolute Gasteiger partial charge is 0.246 e. The number of nitrogens with one attached hydrogen (secondary N) is 2. The zero-order valence-corrected chi connectivity index (χ0v) is 22.8. The van der Waals surface area contributed by atoms with Crippen molar-refractivity contribution in [2.75, 3.05) is 23.4 Å². The Labute approximate surface area is 225 Å². The maximum Gasteiger partial charge on any atom is 0.246 e. The molecule has 0 bridgehead atoms. The van der Waals surface area contributed by atoms with Gasteiger partial charge in [0.1, 0.15) is 6.54 Å². The summed E-state index contributed by atoms with van der Waals surface area (Å²) in [4.78, 5) is 32.9. The highest BCUT2D eigenvalue weighted by Crippen LogP contribution is 2.27. The number of halogens is 1. The van der Waals surface area contributed by atoms with Crippen molar-refractivity contribution >= 4 is 62.2 Å². The van der Waals surface area contributed by atoms with Crippen LogP contribution in [0.5, 0.6) is 0 Å². The lowest BCUT2D eigenvalue weighted by Gasteiger charge is -2.07. The molecular weight excluding hydrogens is 536 g/mol. The van der Waals surface area contributed by atoms with E-state index in [0.29, 0.717) is 30.1 Å². The van der Waals surface area contributed by atoms with Crippen LogP contribution in [0.4, 0.5) is 10.8 Å². The quantitative estimate of drug-likeness (QED) is 0.216. The molecule has 2 aromatic carbocycles. The van der Waals surface area contributed by atoms with E-state index in [1.54, 1.807) is 36.4 Å². The largest absolute Gasteiger partial charge is 0.370 e. The van der Waals surface area contributed by atoms with Crippen LogP contribution in [0, 0.1) is 0 Å². The fourth-order valence-electron chi connectivity index (χ4n) is 3.34. The van der Waals surface area contributed by atoms with E-state index in [-0.39, 0.29) is 41.6 Å². The molecule has 1 aromatic heterocycles. The highest BCUT2D eigenvalue weighted by Gasteiger charge is 2.14. The van der Waals surface area contributed by atoms with Gasteiger partial charge in [-0.05, 0) is 48.2 Å². The fraction of sp³-hybridized carbons (Fsp3) is 0.250. The van der Waals surface area contributed by atoms with Crippen LogP contribution >= 0.6 is 23.7 Å².